The molecule has 2 heterocycles. The lowest BCUT2D eigenvalue weighted by Gasteiger charge is -2.24. The Morgan fingerprint density at radius 1 is 1.03 bits per heavy atom. The molecule has 5 nitrogen and oxygen atoms in total. The standard InChI is InChI=1S/C29H34N2O3/c1-4-26-28(27(32)19-21(2)31(26)20-22-12-14-25(34-3)15-13-22)29(33)30-17-8-11-24(16-18-30)23-9-6-5-7-10-23/h5-7,9-10,12-15,19,24H,4,8,11,16-18,20H2,1-3H3. The van der Waals surface area contributed by atoms with Crippen LogP contribution in [0.4, 0.5) is 0 Å². The summed E-state index contributed by atoms with van der Waals surface area (Å²) >= 11 is 0. The summed E-state index contributed by atoms with van der Waals surface area (Å²) in [6.45, 7) is 5.93. The normalized spacial score (nSPS) is 16.2. The van der Waals surface area contributed by atoms with Crippen LogP contribution >= 0.6 is 0 Å². The molecule has 0 radical (unpaired) electrons. The van der Waals surface area contributed by atoms with Gasteiger partial charge in [0.15, 0.2) is 5.43 Å². The summed E-state index contributed by atoms with van der Waals surface area (Å²) in [4.78, 5) is 28.7. The fourth-order valence-electron chi connectivity index (χ4n) is 5.08. The van der Waals surface area contributed by atoms with E-state index >= 15 is 0 Å². The van der Waals surface area contributed by atoms with Crippen LogP contribution in [0.2, 0.25) is 0 Å². The second-order valence-corrected chi connectivity index (χ2v) is 9.09. The van der Waals surface area contributed by atoms with Crippen LogP contribution in [0.3, 0.4) is 0 Å². The van der Waals surface area contributed by atoms with Gasteiger partial charge in [0.25, 0.3) is 5.91 Å². The second-order valence-electron chi connectivity index (χ2n) is 9.09. The Hall–Kier alpha value is -3.34. The van der Waals surface area contributed by atoms with Crippen molar-refractivity contribution in [1.29, 1.82) is 0 Å². The molecule has 1 fully saturated rings. The molecule has 1 aliphatic rings. The van der Waals surface area contributed by atoms with E-state index in [0.29, 0.717) is 37.5 Å². The third-order valence-electron chi connectivity index (χ3n) is 6.96. The molecular weight excluding hydrogens is 424 g/mol. The molecule has 0 bridgehead atoms. The molecule has 1 amide bonds. The van der Waals surface area contributed by atoms with Gasteiger partial charge in [-0.1, -0.05) is 49.4 Å². The molecule has 34 heavy (non-hydrogen) atoms. The molecule has 3 aromatic rings. The number of rotatable bonds is 6. The lowest BCUT2D eigenvalue weighted by molar-refractivity contribution is 0.0757. The number of aryl methyl sites for hydroxylation is 1. The van der Waals surface area contributed by atoms with Crippen molar-refractivity contribution in [2.24, 2.45) is 0 Å². The molecule has 1 unspecified atom stereocenters. The maximum atomic E-state index is 13.7. The number of ether oxygens (including phenoxy) is 1. The van der Waals surface area contributed by atoms with Crippen molar-refractivity contribution in [2.45, 2.75) is 52.0 Å². The highest BCUT2D eigenvalue weighted by molar-refractivity contribution is 5.95. The predicted molar refractivity (Wildman–Crippen MR) is 136 cm³/mol. The number of hydrogen-bond donors (Lipinski definition) is 0. The highest BCUT2D eigenvalue weighted by Gasteiger charge is 2.27. The fourth-order valence-corrected chi connectivity index (χ4v) is 5.08. The summed E-state index contributed by atoms with van der Waals surface area (Å²) in [7, 11) is 1.65. The van der Waals surface area contributed by atoms with Crippen LogP contribution in [0, 0.1) is 6.92 Å². The minimum absolute atomic E-state index is 0.126. The van der Waals surface area contributed by atoms with E-state index in [1.807, 2.05) is 49.1 Å². The number of amides is 1. The molecular formula is C29H34N2O3. The molecule has 178 valence electrons. The number of nitrogens with zero attached hydrogens (tertiary/aromatic N) is 2. The Morgan fingerprint density at radius 2 is 1.76 bits per heavy atom. The monoisotopic (exact) mass is 458 g/mol. The second kappa shape index (κ2) is 10.7. The van der Waals surface area contributed by atoms with Crippen LogP contribution in [0.25, 0.3) is 0 Å². The zero-order chi connectivity index (χ0) is 24.1. The van der Waals surface area contributed by atoms with Gasteiger partial charge in [-0.3, -0.25) is 9.59 Å². The summed E-state index contributed by atoms with van der Waals surface area (Å²) in [5.41, 5.74) is 4.28. The zero-order valence-electron chi connectivity index (χ0n) is 20.4. The lowest BCUT2D eigenvalue weighted by Crippen LogP contribution is -2.37. The van der Waals surface area contributed by atoms with E-state index in [1.54, 1.807) is 13.2 Å². The number of methoxy groups -OCH3 is 1. The first-order valence-electron chi connectivity index (χ1n) is 12.2. The van der Waals surface area contributed by atoms with Gasteiger partial charge in [0.1, 0.15) is 11.3 Å². The molecule has 1 atom stereocenters. The van der Waals surface area contributed by atoms with Crippen molar-refractivity contribution in [3.8, 4) is 5.75 Å². The molecule has 0 N–H and O–H groups in total. The number of likely N-dealkylation sites (tertiary alicyclic amines) is 1. The van der Waals surface area contributed by atoms with E-state index < -0.39 is 0 Å². The topological polar surface area (TPSA) is 51.5 Å². The van der Waals surface area contributed by atoms with Crippen molar-refractivity contribution < 1.29 is 9.53 Å². The van der Waals surface area contributed by atoms with E-state index in [2.05, 4.69) is 28.8 Å². The maximum Gasteiger partial charge on any atom is 0.259 e. The number of benzene rings is 2. The number of aromatic nitrogens is 1. The van der Waals surface area contributed by atoms with Crippen molar-refractivity contribution in [2.75, 3.05) is 20.2 Å². The summed E-state index contributed by atoms with van der Waals surface area (Å²) in [6.07, 6.45) is 3.54. The molecule has 0 spiro atoms. The Morgan fingerprint density at radius 3 is 2.44 bits per heavy atom. The Labute approximate surface area is 202 Å². The summed E-state index contributed by atoms with van der Waals surface area (Å²) in [5.74, 6) is 1.13. The van der Waals surface area contributed by atoms with Gasteiger partial charge in [0, 0.05) is 37.1 Å². The Kier molecular flexibility index (Phi) is 7.51. The Balaban J connectivity index is 1.60. The van der Waals surface area contributed by atoms with Gasteiger partial charge in [-0.05, 0) is 61.8 Å². The van der Waals surface area contributed by atoms with Crippen molar-refractivity contribution in [3.05, 3.63) is 99.0 Å². The van der Waals surface area contributed by atoms with Gasteiger partial charge in [0.2, 0.25) is 0 Å². The quantitative estimate of drug-likeness (QED) is 0.511. The first-order valence-corrected chi connectivity index (χ1v) is 12.2. The smallest absolute Gasteiger partial charge is 0.259 e. The molecule has 4 rings (SSSR count). The molecule has 1 saturated heterocycles. The first kappa shape index (κ1) is 23.8. The number of carbonyl (C=O) groups excluding carboxylic acids is 1. The van der Waals surface area contributed by atoms with Crippen molar-refractivity contribution in [1.82, 2.24) is 9.47 Å². The van der Waals surface area contributed by atoms with Crippen LogP contribution in [-0.4, -0.2) is 35.6 Å². The van der Waals surface area contributed by atoms with Crippen molar-refractivity contribution in [3.63, 3.8) is 0 Å². The largest absolute Gasteiger partial charge is 0.497 e. The van der Waals surface area contributed by atoms with Gasteiger partial charge in [-0.15, -0.1) is 0 Å². The van der Waals surface area contributed by atoms with Crippen LogP contribution in [0.5, 0.6) is 5.75 Å². The van der Waals surface area contributed by atoms with Crippen LogP contribution in [0.15, 0.2) is 65.5 Å². The van der Waals surface area contributed by atoms with Gasteiger partial charge in [-0.25, -0.2) is 0 Å². The minimum atomic E-state index is -0.172. The highest BCUT2D eigenvalue weighted by Crippen LogP contribution is 2.28. The minimum Gasteiger partial charge on any atom is -0.497 e. The SMILES string of the molecule is CCc1c(C(=O)N2CCCC(c3ccccc3)CC2)c(=O)cc(C)n1Cc1ccc(OC)cc1. The van der Waals surface area contributed by atoms with Gasteiger partial charge in [0.05, 0.1) is 7.11 Å². The molecule has 1 aliphatic heterocycles. The van der Waals surface area contributed by atoms with Crippen LogP contribution < -0.4 is 10.2 Å². The summed E-state index contributed by atoms with van der Waals surface area (Å²) in [5, 5.41) is 0. The molecule has 1 aromatic heterocycles. The fraction of sp³-hybridized carbons (Fsp3) is 0.379. The highest BCUT2D eigenvalue weighted by atomic mass is 16.5. The number of pyridine rings is 1. The third kappa shape index (κ3) is 5.09. The number of carbonyl (C=O) groups is 1. The maximum absolute atomic E-state index is 13.7. The van der Waals surface area contributed by atoms with E-state index in [1.165, 1.54) is 5.56 Å². The summed E-state index contributed by atoms with van der Waals surface area (Å²) < 4.78 is 7.38. The lowest BCUT2D eigenvalue weighted by atomic mass is 9.92. The van der Waals surface area contributed by atoms with Crippen LogP contribution in [0.1, 0.15) is 65.0 Å². The molecule has 5 heteroatoms. The van der Waals surface area contributed by atoms with Crippen LogP contribution in [-0.2, 0) is 13.0 Å². The zero-order valence-corrected chi connectivity index (χ0v) is 20.4. The average molecular weight is 459 g/mol. The summed E-state index contributed by atoms with van der Waals surface area (Å²) in [6, 6.07) is 20.1. The molecule has 0 saturated carbocycles. The first-order chi connectivity index (χ1) is 16.5. The van der Waals surface area contributed by atoms with Gasteiger partial charge in [-0.2, -0.15) is 0 Å². The van der Waals surface area contributed by atoms with E-state index in [0.717, 1.165) is 42.0 Å². The predicted octanol–water partition coefficient (Wildman–Crippen LogP) is 5.19. The molecule has 2 aromatic carbocycles. The van der Waals surface area contributed by atoms with Gasteiger partial charge >= 0.3 is 0 Å². The number of hydrogen-bond acceptors (Lipinski definition) is 3. The van der Waals surface area contributed by atoms with E-state index in [-0.39, 0.29) is 11.3 Å². The molecule has 0 aliphatic carbocycles. The van der Waals surface area contributed by atoms with Crippen molar-refractivity contribution >= 4 is 5.91 Å². The third-order valence-corrected chi connectivity index (χ3v) is 6.96. The van der Waals surface area contributed by atoms with E-state index in [9.17, 15) is 9.59 Å². The van der Waals surface area contributed by atoms with Gasteiger partial charge < -0.3 is 14.2 Å². The van der Waals surface area contributed by atoms with E-state index in [4.69, 9.17) is 4.74 Å². The average Bonchev–Trinajstić information content (AvgIpc) is 3.12. The Bertz CT molecular complexity index is 1180.